The summed E-state index contributed by atoms with van der Waals surface area (Å²) >= 11 is 0. The summed E-state index contributed by atoms with van der Waals surface area (Å²) in [4.78, 5) is 0. The van der Waals surface area contributed by atoms with Gasteiger partial charge in [-0.2, -0.15) is 13.5 Å². The Kier molecular flexibility index (Phi) is 16.5. The van der Waals surface area contributed by atoms with Crippen molar-refractivity contribution < 1.29 is 1.43 Å². The van der Waals surface area contributed by atoms with Crippen molar-refractivity contribution in [3.63, 3.8) is 0 Å². The van der Waals surface area contributed by atoms with Crippen LogP contribution in [0.15, 0.2) is 23.4 Å². The van der Waals surface area contributed by atoms with E-state index in [4.69, 9.17) is 0 Å². The van der Waals surface area contributed by atoms with Crippen molar-refractivity contribution in [2.45, 2.75) is 41.0 Å². The van der Waals surface area contributed by atoms with Gasteiger partial charge in [-0.05, 0) is 26.3 Å². The Morgan fingerprint density at radius 2 is 1.54 bits per heavy atom. The first kappa shape index (κ1) is 18.4. The molecule has 0 saturated carbocycles. The Morgan fingerprint density at radius 1 is 1.23 bits per heavy atom. The minimum absolute atomic E-state index is 0. The number of likely N-dealkylation sites (N-methyl/N-ethyl adjacent to an activating group) is 1. The van der Waals surface area contributed by atoms with Crippen molar-refractivity contribution in [1.29, 1.82) is 0 Å². The minimum Gasteiger partial charge on any atom is -0.388 e. The highest BCUT2D eigenvalue weighted by Gasteiger charge is 1.92. The van der Waals surface area contributed by atoms with Gasteiger partial charge in [-0.15, -0.1) is 0 Å². The highest BCUT2D eigenvalue weighted by atomic mass is 32.1. The fraction of sp³-hybridized carbons (Fsp3) is 0.636. The Balaban J connectivity index is -0.0000000891. The van der Waals surface area contributed by atoms with Crippen molar-refractivity contribution in [3.05, 3.63) is 23.4 Å². The second-order valence-electron chi connectivity index (χ2n) is 3.06. The van der Waals surface area contributed by atoms with Crippen LogP contribution in [0.3, 0.4) is 0 Å². The van der Waals surface area contributed by atoms with E-state index in [1.807, 2.05) is 7.05 Å². The minimum atomic E-state index is 0. The molecular formula is C11H27NS. The maximum absolute atomic E-state index is 3.83. The molecule has 2 heteroatoms. The molecule has 0 bridgehead atoms. The molecule has 13 heavy (non-hydrogen) atoms. The highest BCUT2D eigenvalue weighted by Crippen LogP contribution is 2.07. The molecule has 0 heterocycles. The standard InChI is InChI=1S/C8H15N.C3H8.H2S.H2/c1-6(2)7(3)8(4)9-5;1-3-2;;/h9H,4H2,1-3,5H3;3H2,1-2H3;1H2;1H. The smallest absolute Gasteiger partial charge is 0.0293 e. The van der Waals surface area contributed by atoms with Crippen LogP contribution in [0.4, 0.5) is 0 Å². The molecule has 1 nitrogen and oxygen atoms in total. The Hall–Kier alpha value is -0.370. The van der Waals surface area contributed by atoms with Crippen molar-refractivity contribution in [2.24, 2.45) is 0 Å². The molecule has 0 aromatic rings. The lowest BCUT2D eigenvalue weighted by molar-refractivity contribution is 0.992. The van der Waals surface area contributed by atoms with Crippen molar-refractivity contribution in [3.8, 4) is 0 Å². The molecule has 0 aliphatic heterocycles. The van der Waals surface area contributed by atoms with Gasteiger partial charge in [-0.3, -0.25) is 0 Å². The molecule has 0 radical (unpaired) electrons. The van der Waals surface area contributed by atoms with E-state index in [1.54, 1.807) is 0 Å². The van der Waals surface area contributed by atoms with Gasteiger partial charge in [-0.25, -0.2) is 0 Å². The van der Waals surface area contributed by atoms with Crippen LogP contribution in [-0.4, -0.2) is 7.05 Å². The van der Waals surface area contributed by atoms with Crippen LogP contribution in [0.1, 0.15) is 42.5 Å². The number of hydrogen-bond donors (Lipinski definition) is 1. The van der Waals surface area contributed by atoms with Gasteiger partial charge in [0.15, 0.2) is 0 Å². The van der Waals surface area contributed by atoms with Crippen LogP contribution in [-0.2, 0) is 0 Å². The molecule has 0 rings (SSSR count). The lowest BCUT2D eigenvalue weighted by Gasteiger charge is -2.05. The first-order valence-corrected chi connectivity index (χ1v) is 4.52. The molecule has 0 aromatic heterocycles. The zero-order chi connectivity index (χ0) is 10.1. The molecule has 0 saturated heterocycles. The molecular weight excluding hydrogens is 178 g/mol. The molecule has 0 fully saturated rings. The number of hydrogen-bond acceptors (Lipinski definition) is 1. The summed E-state index contributed by atoms with van der Waals surface area (Å²) in [5, 5.41) is 2.99. The quantitative estimate of drug-likeness (QED) is 0.675. The summed E-state index contributed by atoms with van der Waals surface area (Å²) in [5.74, 6) is 0. The number of allylic oxidation sites excluding steroid dienone is 2. The molecule has 0 aliphatic carbocycles. The molecule has 0 amide bonds. The largest absolute Gasteiger partial charge is 0.388 e. The lowest BCUT2D eigenvalue weighted by atomic mass is 10.1. The third kappa shape index (κ3) is 11.6. The number of nitrogens with one attached hydrogen (secondary N) is 1. The van der Waals surface area contributed by atoms with Gasteiger partial charge in [0.1, 0.15) is 0 Å². The monoisotopic (exact) mass is 205 g/mol. The number of rotatable bonds is 2. The first-order valence-electron chi connectivity index (χ1n) is 4.52. The van der Waals surface area contributed by atoms with Crippen molar-refractivity contribution >= 4 is 13.5 Å². The van der Waals surface area contributed by atoms with Crippen LogP contribution in [0, 0.1) is 0 Å². The maximum Gasteiger partial charge on any atom is 0.0293 e. The summed E-state index contributed by atoms with van der Waals surface area (Å²) in [7, 11) is 1.88. The summed E-state index contributed by atoms with van der Waals surface area (Å²) in [6, 6.07) is 0. The third-order valence-corrected chi connectivity index (χ3v) is 1.50. The highest BCUT2D eigenvalue weighted by molar-refractivity contribution is 7.59. The summed E-state index contributed by atoms with van der Waals surface area (Å²) in [6.45, 7) is 14.3. The molecule has 1 N–H and O–H groups in total. The molecule has 0 spiro atoms. The molecule has 0 atom stereocenters. The normalized spacial score (nSPS) is 7.23. The molecule has 82 valence electrons. The van der Waals surface area contributed by atoms with Crippen LogP contribution >= 0.6 is 13.5 Å². The average Bonchev–Trinajstić information content (AvgIpc) is 2.03. The van der Waals surface area contributed by atoms with E-state index in [1.165, 1.54) is 17.6 Å². The third-order valence-electron chi connectivity index (χ3n) is 1.50. The first-order chi connectivity index (χ1) is 5.51. The Bertz CT molecular complexity index is 161. The SMILES string of the molecule is C=C(NC)C(C)=C(C)C.CCC.S.[HH]. The van der Waals surface area contributed by atoms with Crippen molar-refractivity contribution in [1.82, 2.24) is 5.32 Å². The fourth-order valence-electron chi connectivity index (χ4n) is 0.489. The second-order valence-corrected chi connectivity index (χ2v) is 3.06. The van der Waals surface area contributed by atoms with E-state index in [9.17, 15) is 0 Å². The zero-order valence-electron chi connectivity index (χ0n) is 9.91. The van der Waals surface area contributed by atoms with Gasteiger partial charge in [0.25, 0.3) is 0 Å². The lowest BCUT2D eigenvalue weighted by Crippen LogP contribution is -2.05. The van der Waals surface area contributed by atoms with Gasteiger partial charge in [0.2, 0.25) is 0 Å². The van der Waals surface area contributed by atoms with E-state index in [0.717, 1.165) is 5.70 Å². The summed E-state index contributed by atoms with van der Waals surface area (Å²) < 4.78 is 0. The van der Waals surface area contributed by atoms with Crippen molar-refractivity contribution in [2.75, 3.05) is 7.05 Å². The van der Waals surface area contributed by atoms with E-state index in [-0.39, 0.29) is 14.9 Å². The Labute approximate surface area is 92.2 Å². The summed E-state index contributed by atoms with van der Waals surface area (Å²) in [6.07, 6.45) is 1.25. The zero-order valence-corrected chi connectivity index (χ0v) is 10.9. The molecule has 0 unspecified atom stereocenters. The molecule has 0 aliphatic rings. The predicted octanol–water partition coefficient (Wildman–Crippen LogP) is 3.85. The van der Waals surface area contributed by atoms with Crippen LogP contribution in [0.5, 0.6) is 0 Å². The van der Waals surface area contributed by atoms with E-state index < -0.39 is 0 Å². The maximum atomic E-state index is 3.83. The average molecular weight is 205 g/mol. The Morgan fingerprint density at radius 3 is 1.62 bits per heavy atom. The fourth-order valence-corrected chi connectivity index (χ4v) is 0.489. The summed E-state index contributed by atoms with van der Waals surface area (Å²) in [5.41, 5.74) is 3.57. The van der Waals surface area contributed by atoms with Gasteiger partial charge in [0.05, 0.1) is 0 Å². The van der Waals surface area contributed by atoms with Gasteiger partial charge in [0, 0.05) is 14.2 Å². The van der Waals surface area contributed by atoms with Crippen LogP contribution in [0.2, 0.25) is 0 Å². The van der Waals surface area contributed by atoms with Gasteiger partial charge in [-0.1, -0.05) is 32.4 Å². The van der Waals surface area contributed by atoms with Gasteiger partial charge < -0.3 is 5.32 Å². The van der Waals surface area contributed by atoms with E-state index in [0.29, 0.717) is 0 Å². The van der Waals surface area contributed by atoms with E-state index >= 15 is 0 Å². The van der Waals surface area contributed by atoms with Crippen LogP contribution < -0.4 is 5.32 Å². The second kappa shape index (κ2) is 11.6. The topological polar surface area (TPSA) is 12.0 Å². The van der Waals surface area contributed by atoms with Gasteiger partial charge >= 0.3 is 0 Å². The van der Waals surface area contributed by atoms with E-state index in [2.05, 4.69) is 46.5 Å². The molecule has 0 aromatic carbocycles. The van der Waals surface area contributed by atoms with Crippen LogP contribution in [0.25, 0.3) is 0 Å². The predicted molar refractivity (Wildman–Crippen MR) is 70.7 cm³/mol.